The van der Waals surface area contributed by atoms with E-state index in [0.29, 0.717) is 0 Å². The molecule has 1 aliphatic carbocycles. The monoisotopic (exact) mass is 196 g/mol. The Hall–Kier alpha value is -0.300. The lowest BCUT2D eigenvalue weighted by Crippen LogP contribution is -2.31. The van der Waals surface area contributed by atoms with Crippen LogP contribution in [-0.2, 0) is 0 Å². The Bertz CT molecular complexity index is 178. The molecule has 0 saturated heterocycles. The summed E-state index contributed by atoms with van der Waals surface area (Å²) >= 11 is 0. The molecule has 0 radical (unpaired) electrons. The van der Waals surface area contributed by atoms with Gasteiger partial charge in [0.2, 0.25) is 0 Å². The van der Waals surface area contributed by atoms with E-state index in [0.717, 1.165) is 25.7 Å². The predicted octanol–water partition coefficient (Wildman–Crippen LogP) is 3.82. The van der Waals surface area contributed by atoms with Gasteiger partial charge in [0.1, 0.15) is 0 Å². The first-order valence-electron chi connectivity index (χ1n) is 6.05. The highest BCUT2D eigenvalue weighted by Gasteiger charge is 2.29. The summed E-state index contributed by atoms with van der Waals surface area (Å²) in [6, 6.07) is 0. The maximum atomic E-state index is 10.3. The molecular weight excluding hydrogens is 172 g/mol. The van der Waals surface area contributed by atoms with Gasteiger partial charge in [-0.05, 0) is 32.1 Å². The molecule has 0 aromatic heterocycles. The Kier molecular flexibility index (Phi) is 4.67. The van der Waals surface area contributed by atoms with E-state index in [9.17, 15) is 5.11 Å². The van der Waals surface area contributed by atoms with Crippen molar-refractivity contribution in [3.8, 4) is 0 Å². The van der Waals surface area contributed by atoms with Crippen molar-refractivity contribution in [2.45, 2.75) is 70.3 Å². The Balaban J connectivity index is 2.29. The van der Waals surface area contributed by atoms with Crippen LogP contribution in [-0.4, -0.2) is 10.7 Å². The van der Waals surface area contributed by atoms with Crippen molar-refractivity contribution in [1.82, 2.24) is 0 Å². The van der Waals surface area contributed by atoms with Gasteiger partial charge in [-0.1, -0.05) is 44.8 Å². The van der Waals surface area contributed by atoms with Crippen molar-refractivity contribution >= 4 is 0 Å². The number of hydrogen-bond donors (Lipinski definition) is 1. The average Bonchev–Trinajstić information content (AvgIpc) is 2.15. The van der Waals surface area contributed by atoms with Crippen LogP contribution in [0.1, 0.15) is 64.7 Å². The highest BCUT2D eigenvalue weighted by Crippen LogP contribution is 2.33. The zero-order valence-corrected chi connectivity index (χ0v) is 9.52. The fourth-order valence-corrected chi connectivity index (χ4v) is 2.37. The zero-order chi connectivity index (χ0) is 10.4. The summed E-state index contributed by atoms with van der Waals surface area (Å²) in [6.07, 6.45) is 10.0. The van der Waals surface area contributed by atoms with Crippen molar-refractivity contribution in [3.05, 3.63) is 12.2 Å². The smallest absolute Gasteiger partial charge is 0.0684 e. The number of aliphatic hydroxyl groups is 1. The van der Waals surface area contributed by atoms with Crippen LogP contribution in [0.5, 0.6) is 0 Å². The lowest BCUT2D eigenvalue weighted by atomic mass is 9.80. The number of rotatable bonds is 5. The highest BCUT2D eigenvalue weighted by atomic mass is 16.3. The average molecular weight is 196 g/mol. The van der Waals surface area contributed by atoms with Crippen LogP contribution in [0.4, 0.5) is 0 Å². The van der Waals surface area contributed by atoms with Crippen molar-refractivity contribution in [2.24, 2.45) is 0 Å². The highest BCUT2D eigenvalue weighted by molar-refractivity contribution is 5.02. The Morgan fingerprint density at radius 3 is 2.50 bits per heavy atom. The van der Waals surface area contributed by atoms with Gasteiger partial charge in [0.15, 0.2) is 0 Å². The molecule has 0 aromatic carbocycles. The molecule has 0 heterocycles. The molecule has 82 valence electrons. The second kappa shape index (κ2) is 5.55. The zero-order valence-electron chi connectivity index (χ0n) is 9.52. The maximum absolute atomic E-state index is 10.3. The third kappa shape index (κ3) is 3.83. The van der Waals surface area contributed by atoms with Crippen LogP contribution in [0.15, 0.2) is 12.2 Å². The molecule has 0 aromatic rings. The molecule has 0 spiro atoms. The minimum atomic E-state index is -0.400. The van der Waals surface area contributed by atoms with Gasteiger partial charge in [-0.25, -0.2) is 0 Å². The summed E-state index contributed by atoms with van der Waals surface area (Å²) in [7, 11) is 0. The quantitative estimate of drug-likeness (QED) is 0.663. The molecule has 1 nitrogen and oxygen atoms in total. The maximum Gasteiger partial charge on any atom is 0.0684 e. The van der Waals surface area contributed by atoms with Gasteiger partial charge < -0.3 is 5.11 Å². The second-order valence-electron chi connectivity index (χ2n) is 4.82. The van der Waals surface area contributed by atoms with E-state index in [1.54, 1.807) is 0 Å². The Morgan fingerprint density at radius 2 is 1.93 bits per heavy atom. The van der Waals surface area contributed by atoms with Crippen molar-refractivity contribution in [2.75, 3.05) is 0 Å². The number of unbranched alkanes of at least 4 members (excludes halogenated alkanes) is 1. The predicted molar refractivity (Wildman–Crippen MR) is 61.3 cm³/mol. The summed E-state index contributed by atoms with van der Waals surface area (Å²) in [5, 5.41) is 10.3. The normalized spacial score (nSPS) is 20.7. The molecule has 0 aliphatic heterocycles. The van der Waals surface area contributed by atoms with Gasteiger partial charge in [0.05, 0.1) is 5.60 Å². The fourth-order valence-electron chi connectivity index (χ4n) is 2.37. The van der Waals surface area contributed by atoms with Gasteiger partial charge >= 0.3 is 0 Å². The van der Waals surface area contributed by atoms with Crippen LogP contribution in [0, 0.1) is 0 Å². The SMILES string of the molecule is C=C(CCCC)CC1(O)CCCCC1. The topological polar surface area (TPSA) is 20.2 Å². The fraction of sp³-hybridized carbons (Fsp3) is 0.846. The third-order valence-electron chi connectivity index (χ3n) is 3.25. The van der Waals surface area contributed by atoms with Crippen molar-refractivity contribution in [3.63, 3.8) is 0 Å². The molecule has 1 aliphatic rings. The molecule has 1 saturated carbocycles. The Labute approximate surface area is 88.2 Å². The lowest BCUT2D eigenvalue weighted by molar-refractivity contribution is 0.00397. The molecular formula is C13H24O. The first-order valence-corrected chi connectivity index (χ1v) is 6.05. The lowest BCUT2D eigenvalue weighted by Gasteiger charge is -2.32. The molecule has 0 amide bonds. The van der Waals surface area contributed by atoms with Gasteiger partial charge in [-0.15, -0.1) is 0 Å². The van der Waals surface area contributed by atoms with Gasteiger partial charge in [-0.2, -0.15) is 0 Å². The molecule has 1 rings (SSSR count). The van der Waals surface area contributed by atoms with E-state index in [2.05, 4.69) is 13.5 Å². The standard InChI is InChI=1S/C13H24O/c1-3-4-8-12(2)11-13(14)9-6-5-7-10-13/h14H,2-11H2,1H3. The number of hydrogen-bond acceptors (Lipinski definition) is 1. The summed E-state index contributed by atoms with van der Waals surface area (Å²) in [4.78, 5) is 0. The van der Waals surface area contributed by atoms with Crippen LogP contribution >= 0.6 is 0 Å². The van der Waals surface area contributed by atoms with Gasteiger partial charge in [0.25, 0.3) is 0 Å². The van der Waals surface area contributed by atoms with Crippen LogP contribution in [0.2, 0.25) is 0 Å². The van der Waals surface area contributed by atoms with Crippen molar-refractivity contribution < 1.29 is 5.11 Å². The minimum Gasteiger partial charge on any atom is -0.390 e. The Morgan fingerprint density at radius 1 is 1.29 bits per heavy atom. The van der Waals surface area contributed by atoms with Crippen LogP contribution in [0.25, 0.3) is 0 Å². The second-order valence-corrected chi connectivity index (χ2v) is 4.82. The summed E-state index contributed by atoms with van der Waals surface area (Å²) in [5.41, 5.74) is 0.847. The van der Waals surface area contributed by atoms with E-state index in [1.165, 1.54) is 37.7 Å². The summed E-state index contributed by atoms with van der Waals surface area (Å²) in [6.45, 7) is 6.27. The molecule has 1 fully saturated rings. The van der Waals surface area contributed by atoms with Gasteiger partial charge in [-0.3, -0.25) is 0 Å². The summed E-state index contributed by atoms with van der Waals surface area (Å²) in [5.74, 6) is 0. The molecule has 0 bridgehead atoms. The molecule has 14 heavy (non-hydrogen) atoms. The first kappa shape index (κ1) is 11.8. The van der Waals surface area contributed by atoms with E-state index < -0.39 is 5.60 Å². The minimum absolute atomic E-state index is 0.400. The van der Waals surface area contributed by atoms with E-state index in [4.69, 9.17) is 0 Å². The first-order chi connectivity index (χ1) is 6.66. The molecule has 0 atom stereocenters. The van der Waals surface area contributed by atoms with E-state index >= 15 is 0 Å². The van der Waals surface area contributed by atoms with Crippen molar-refractivity contribution in [1.29, 1.82) is 0 Å². The molecule has 1 N–H and O–H groups in total. The van der Waals surface area contributed by atoms with E-state index in [1.807, 2.05) is 0 Å². The molecule has 0 unspecified atom stereocenters. The van der Waals surface area contributed by atoms with Gasteiger partial charge in [0, 0.05) is 0 Å². The largest absolute Gasteiger partial charge is 0.390 e. The summed E-state index contributed by atoms with van der Waals surface area (Å²) < 4.78 is 0. The van der Waals surface area contributed by atoms with E-state index in [-0.39, 0.29) is 0 Å². The van der Waals surface area contributed by atoms with Crippen LogP contribution in [0.3, 0.4) is 0 Å². The third-order valence-corrected chi connectivity index (χ3v) is 3.25. The van der Waals surface area contributed by atoms with Crippen LogP contribution < -0.4 is 0 Å². The molecule has 1 heteroatoms.